The minimum atomic E-state index is -0.301. The molecule has 0 spiro atoms. The fraction of sp³-hybridized carbons (Fsp3) is 0.316. The Balaban J connectivity index is 1.63. The number of halogens is 1. The van der Waals surface area contributed by atoms with Crippen LogP contribution in [0.5, 0.6) is 0 Å². The normalized spacial score (nSPS) is 14.4. The maximum atomic E-state index is 13.5. The molecule has 0 atom stereocenters. The van der Waals surface area contributed by atoms with Gasteiger partial charge in [0.15, 0.2) is 0 Å². The number of nitrogens with one attached hydrogen (secondary N) is 1. The smallest absolute Gasteiger partial charge is 0.244 e. The summed E-state index contributed by atoms with van der Waals surface area (Å²) >= 11 is 0. The molecule has 1 saturated carbocycles. The highest BCUT2D eigenvalue weighted by Crippen LogP contribution is 2.38. The SMILES string of the molecule is Cc1cc(/C=C/C(=O)NCc2ccccc2F)c(C)n1C1CC1. The Kier molecular flexibility index (Phi) is 4.33. The van der Waals surface area contributed by atoms with E-state index in [0.29, 0.717) is 11.6 Å². The first kappa shape index (κ1) is 15.5. The van der Waals surface area contributed by atoms with E-state index in [-0.39, 0.29) is 18.3 Å². The van der Waals surface area contributed by atoms with E-state index in [1.165, 1.54) is 36.4 Å². The van der Waals surface area contributed by atoms with Crippen molar-refractivity contribution in [1.82, 2.24) is 9.88 Å². The highest BCUT2D eigenvalue weighted by molar-refractivity contribution is 5.91. The summed E-state index contributed by atoms with van der Waals surface area (Å²) in [5.74, 6) is -0.519. The van der Waals surface area contributed by atoms with Gasteiger partial charge >= 0.3 is 0 Å². The summed E-state index contributed by atoms with van der Waals surface area (Å²) in [6.07, 6.45) is 5.82. The summed E-state index contributed by atoms with van der Waals surface area (Å²) in [7, 11) is 0. The number of aromatic nitrogens is 1. The summed E-state index contributed by atoms with van der Waals surface area (Å²) in [4.78, 5) is 11.9. The van der Waals surface area contributed by atoms with E-state index in [0.717, 1.165) is 5.56 Å². The Bertz CT molecular complexity index is 757. The lowest BCUT2D eigenvalue weighted by atomic mass is 10.2. The molecule has 1 aliphatic rings. The number of aryl methyl sites for hydroxylation is 1. The molecule has 4 heteroatoms. The summed E-state index contributed by atoms with van der Waals surface area (Å²) in [5.41, 5.74) is 3.98. The minimum absolute atomic E-state index is 0.191. The lowest BCUT2D eigenvalue weighted by Crippen LogP contribution is -2.20. The maximum absolute atomic E-state index is 13.5. The Hall–Kier alpha value is -2.36. The number of nitrogens with zero attached hydrogens (tertiary/aromatic N) is 1. The molecule has 3 rings (SSSR count). The predicted octanol–water partition coefficient (Wildman–Crippen LogP) is 3.91. The van der Waals surface area contributed by atoms with Crippen LogP contribution in [0, 0.1) is 19.7 Å². The highest BCUT2D eigenvalue weighted by Gasteiger charge is 2.26. The van der Waals surface area contributed by atoms with Gasteiger partial charge in [0.05, 0.1) is 0 Å². The average molecular weight is 312 g/mol. The number of rotatable bonds is 5. The average Bonchev–Trinajstić information content (AvgIpc) is 3.31. The molecule has 1 N–H and O–H groups in total. The molecular weight excluding hydrogens is 291 g/mol. The van der Waals surface area contributed by atoms with Gasteiger partial charge in [0.1, 0.15) is 5.82 Å². The van der Waals surface area contributed by atoms with Crippen LogP contribution >= 0.6 is 0 Å². The van der Waals surface area contributed by atoms with Crippen molar-refractivity contribution in [3.05, 3.63) is 64.7 Å². The molecule has 0 radical (unpaired) electrons. The number of benzene rings is 1. The Morgan fingerprint density at radius 3 is 2.78 bits per heavy atom. The lowest BCUT2D eigenvalue weighted by Gasteiger charge is -2.06. The Morgan fingerprint density at radius 2 is 2.09 bits per heavy atom. The van der Waals surface area contributed by atoms with Crippen molar-refractivity contribution in [3.63, 3.8) is 0 Å². The molecule has 3 nitrogen and oxygen atoms in total. The van der Waals surface area contributed by atoms with Gasteiger partial charge in [-0.15, -0.1) is 0 Å². The molecule has 1 aromatic carbocycles. The number of carbonyl (C=O) groups excluding carboxylic acids is 1. The third kappa shape index (κ3) is 3.52. The largest absolute Gasteiger partial charge is 0.348 e. The molecule has 0 unspecified atom stereocenters. The second kappa shape index (κ2) is 6.41. The van der Waals surface area contributed by atoms with E-state index in [2.05, 4.69) is 29.8 Å². The molecule has 23 heavy (non-hydrogen) atoms. The maximum Gasteiger partial charge on any atom is 0.244 e. The van der Waals surface area contributed by atoms with Gasteiger partial charge in [-0.25, -0.2) is 4.39 Å². The van der Waals surface area contributed by atoms with Crippen LogP contribution in [0.2, 0.25) is 0 Å². The van der Waals surface area contributed by atoms with E-state index in [9.17, 15) is 9.18 Å². The van der Waals surface area contributed by atoms with Crippen LogP contribution in [0.25, 0.3) is 6.08 Å². The van der Waals surface area contributed by atoms with E-state index in [1.807, 2.05) is 6.08 Å². The van der Waals surface area contributed by atoms with Crippen molar-refractivity contribution in [1.29, 1.82) is 0 Å². The highest BCUT2D eigenvalue weighted by atomic mass is 19.1. The zero-order valence-electron chi connectivity index (χ0n) is 13.5. The van der Waals surface area contributed by atoms with Gasteiger partial charge in [0.25, 0.3) is 0 Å². The first-order valence-electron chi connectivity index (χ1n) is 7.94. The fourth-order valence-electron chi connectivity index (χ4n) is 2.91. The van der Waals surface area contributed by atoms with Crippen LogP contribution < -0.4 is 5.32 Å². The van der Waals surface area contributed by atoms with Crippen LogP contribution in [0.4, 0.5) is 4.39 Å². The molecule has 0 aliphatic heterocycles. The van der Waals surface area contributed by atoms with Crippen molar-refractivity contribution in [3.8, 4) is 0 Å². The van der Waals surface area contributed by atoms with Crippen LogP contribution in [0.3, 0.4) is 0 Å². The molecular formula is C19H21FN2O. The summed E-state index contributed by atoms with van der Waals surface area (Å²) in [5, 5.41) is 2.71. The fourth-order valence-corrected chi connectivity index (χ4v) is 2.91. The molecule has 120 valence electrons. The van der Waals surface area contributed by atoms with Gasteiger partial charge in [0, 0.05) is 35.6 Å². The van der Waals surface area contributed by atoms with Crippen molar-refractivity contribution >= 4 is 12.0 Å². The van der Waals surface area contributed by atoms with E-state index in [4.69, 9.17) is 0 Å². The molecule has 1 aliphatic carbocycles. The van der Waals surface area contributed by atoms with Crippen LogP contribution in [0.15, 0.2) is 36.4 Å². The number of amides is 1. The summed E-state index contributed by atoms with van der Waals surface area (Å²) in [6.45, 7) is 4.38. The second-order valence-corrected chi connectivity index (χ2v) is 6.07. The van der Waals surface area contributed by atoms with E-state index >= 15 is 0 Å². The molecule has 1 aromatic heterocycles. The molecule has 1 fully saturated rings. The Morgan fingerprint density at radius 1 is 1.35 bits per heavy atom. The van der Waals surface area contributed by atoms with Crippen molar-refractivity contribution in [2.45, 2.75) is 39.3 Å². The topological polar surface area (TPSA) is 34.0 Å². The van der Waals surface area contributed by atoms with Crippen molar-refractivity contribution < 1.29 is 9.18 Å². The van der Waals surface area contributed by atoms with Crippen LogP contribution in [-0.4, -0.2) is 10.5 Å². The lowest BCUT2D eigenvalue weighted by molar-refractivity contribution is -0.116. The number of hydrogen-bond donors (Lipinski definition) is 1. The third-order valence-corrected chi connectivity index (χ3v) is 4.26. The second-order valence-electron chi connectivity index (χ2n) is 6.07. The Labute approximate surface area is 135 Å². The summed E-state index contributed by atoms with van der Waals surface area (Å²) in [6, 6.07) is 9.19. The van der Waals surface area contributed by atoms with E-state index < -0.39 is 0 Å². The minimum Gasteiger partial charge on any atom is -0.348 e. The molecule has 0 saturated heterocycles. The number of hydrogen-bond acceptors (Lipinski definition) is 1. The quantitative estimate of drug-likeness (QED) is 0.835. The third-order valence-electron chi connectivity index (χ3n) is 4.26. The zero-order chi connectivity index (χ0) is 16.4. The first-order chi connectivity index (χ1) is 11.1. The zero-order valence-corrected chi connectivity index (χ0v) is 13.5. The van der Waals surface area contributed by atoms with Gasteiger partial charge in [-0.1, -0.05) is 18.2 Å². The van der Waals surface area contributed by atoms with Gasteiger partial charge in [-0.05, 0) is 50.5 Å². The standard InChI is InChI=1S/C19H21FN2O/c1-13-11-15(14(2)22(13)17-8-9-17)7-10-19(23)21-12-16-5-3-4-6-18(16)20/h3-7,10-11,17H,8-9,12H2,1-2H3,(H,21,23)/b10-7+. The van der Waals surface area contributed by atoms with Crippen LogP contribution in [0.1, 0.15) is 41.4 Å². The van der Waals surface area contributed by atoms with Gasteiger partial charge in [-0.2, -0.15) is 0 Å². The predicted molar refractivity (Wildman–Crippen MR) is 89.5 cm³/mol. The van der Waals surface area contributed by atoms with E-state index in [1.54, 1.807) is 18.2 Å². The monoisotopic (exact) mass is 312 g/mol. The van der Waals surface area contributed by atoms with Gasteiger partial charge in [0.2, 0.25) is 5.91 Å². The van der Waals surface area contributed by atoms with Crippen molar-refractivity contribution in [2.75, 3.05) is 0 Å². The summed E-state index contributed by atoms with van der Waals surface area (Å²) < 4.78 is 15.8. The first-order valence-corrected chi connectivity index (χ1v) is 7.94. The molecule has 0 bridgehead atoms. The molecule has 1 heterocycles. The molecule has 2 aromatic rings. The number of carbonyl (C=O) groups is 1. The van der Waals surface area contributed by atoms with Crippen LogP contribution in [-0.2, 0) is 11.3 Å². The molecule has 1 amide bonds. The van der Waals surface area contributed by atoms with Gasteiger partial charge in [-0.3, -0.25) is 4.79 Å². The van der Waals surface area contributed by atoms with Crippen molar-refractivity contribution in [2.24, 2.45) is 0 Å². The van der Waals surface area contributed by atoms with Gasteiger partial charge < -0.3 is 9.88 Å².